The SMILES string of the molecule is C[C@@H](NCc1cc(O)c2c(c1F)C[C@H]1C[C@H]3[C@H](N(C)C)C(=O)C(C(N)=O)C(=O)[C@@]3(O)C(=O)C1C2=O)C1CC1. The normalized spacial score (nSPS) is 33.6. The van der Waals surface area contributed by atoms with E-state index >= 15 is 4.39 Å². The van der Waals surface area contributed by atoms with Gasteiger partial charge in [0.05, 0.1) is 17.5 Å². The molecule has 4 aliphatic rings. The first-order chi connectivity index (χ1) is 17.8. The van der Waals surface area contributed by atoms with Crippen molar-refractivity contribution in [3.8, 4) is 5.75 Å². The number of fused-ring (bicyclic) bond motifs is 3. The average molecular weight is 530 g/mol. The molecule has 0 aliphatic heterocycles. The van der Waals surface area contributed by atoms with Gasteiger partial charge in [-0.2, -0.15) is 0 Å². The summed E-state index contributed by atoms with van der Waals surface area (Å²) >= 11 is 0. The van der Waals surface area contributed by atoms with Gasteiger partial charge < -0.3 is 21.3 Å². The van der Waals surface area contributed by atoms with Gasteiger partial charge in [-0.25, -0.2) is 4.39 Å². The molecule has 4 aliphatic carbocycles. The highest BCUT2D eigenvalue weighted by atomic mass is 19.1. The number of carbonyl (C=O) groups excluding carboxylic acids is 5. The van der Waals surface area contributed by atoms with E-state index in [9.17, 15) is 34.2 Å². The van der Waals surface area contributed by atoms with Crippen molar-refractivity contribution in [2.24, 2.45) is 35.3 Å². The third-order valence-corrected chi connectivity index (χ3v) is 9.01. The molecule has 10 nitrogen and oxygen atoms in total. The summed E-state index contributed by atoms with van der Waals surface area (Å²) < 4.78 is 15.7. The number of aliphatic hydroxyl groups is 1. The van der Waals surface area contributed by atoms with E-state index in [-0.39, 0.29) is 42.1 Å². The fourth-order valence-electron chi connectivity index (χ4n) is 6.87. The number of benzene rings is 1. The Bertz CT molecular complexity index is 1280. The molecular formula is C27H32FN3O7. The van der Waals surface area contributed by atoms with Gasteiger partial charge in [0.25, 0.3) is 0 Å². The standard InChI is InChI=1S/C27H32FN3O7/c1-10(11-4-5-11)30-9-13-8-16(32)18-14(20(13)28)6-12-7-15-21(31(2)3)23(34)19(26(29)37)25(36)27(15,38)24(35)17(12)22(18)33/h8,10-12,15,17,19,21,30,32,38H,4-7,9H2,1-3H3,(H2,29,37)/t10-,12+,15+,17?,19?,21+,27+/m1/s1. The van der Waals surface area contributed by atoms with Gasteiger partial charge in [0, 0.05) is 29.6 Å². The number of amides is 1. The third kappa shape index (κ3) is 3.74. The summed E-state index contributed by atoms with van der Waals surface area (Å²) in [6.07, 6.45) is 1.98. The van der Waals surface area contributed by atoms with Crippen LogP contribution in [-0.2, 0) is 32.1 Å². The largest absolute Gasteiger partial charge is 0.507 e. The molecule has 5 rings (SSSR count). The molecule has 0 spiro atoms. The molecule has 3 fully saturated rings. The minimum absolute atomic E-state index is 0.0183. The predicted octanol–water partition coefficient (Wildman–Crippen LogP) is -0.106. The maximum atomic E-state index is 15.7. The molecule has 3 saturated carbocycles. The topological polar surface area (TPSA) is 167 Å². The minimum Gasteiger partial charge on any atom is -0.507 e. The second-order valence-corrected chi connectivity index (χ2v) is 11.5. The number of nitrogens with zero attached hydrogens (tertiary/aromatic N) is 1. The Morgan fingerprint density at radius 2 is 1.89 bits per heavy atom. The number of phenolic OH excluding ortho intramolecular Hbond substituents is 1. The fraction of sp³-hybridized carbons (Fsp3) is 0.593. The maximum Gasteiger partial charge on any atom is 0.235 e. The number of carbonyl (C=O) groups is 5. The zero-order valence-corrected chi connectivity index (χ0v) is 21.5. The molecule has 0 bridgehead atoms. The molecule has 204 valence electrons. The second kappa shape index (κ2) is 9.03. The van der Waals surface area contributed by atoms with Crippen LogP contribution < -0.4 is 11.1 Å². The van der Waals surface area contributed by atoms with Gasteiger partial charge in [0.2, 0.25) is 5.91 Å². The minimum atomic E-state index is -2.80. The molecule has 1 amide bonds. The van der Waals surface area contributed by atoms with Gasteiger partial charge in [0.15, 0.2) is 34.7 Å². The van der Waals surface area contributed by atoms with Crippen molar-refractivity contribution in [1.29, 1.82) is 0 Å². The van der Waals surface area contributed by atoms with Crippen LogP contribution in [0, 0.1) is 35.4 Å². The van der Waals surface area contributed by atoms with Gasteiger partial charge in [-0.05, 0) is 64.6 Å². The van der Waals surface area contributed by atoms with Crippen LogP contribution in [0.4, 0.5) is 4.39 Å². The molecule has 5 N–H and O–H groups in total. The highest BCUT2D eigenvalue weighted by molar-refractivity contribution is 6.32. The monoisotopic (exact) mass is 529 g/mol. The maximum absolute atomic E-state index is 15.7. The van der Waals surface area contributed by atoms with Crippen LogP contribution in [0.5, 0.6) is 5.75 Å². The number of primary amides is 1. The summed E-state index contributed by atoms with van der Waals surface area (Å²) in [5.41, 5.74) is 2.34. The second-order valence-electron chi connectivity index (χ2n) is 11.5. The molecule has 0 aromatic heterocycles. The van der Waals surface area contributed by atoms with Crippen molar-refractivity contribution in [3.63, 3.8) is 0 Å². The summed E-state index contributed by atoms with van der Waals surface area (Å²) in [5, 5.41) is 25.5. The summed E-state index contributed by atoms with van der Waals surface area (Å²) in [4.78, 5) is 67.1. The molecule has 1 aromatic rings. The van der Waals surface area contributed by atoms with E-state index in [4.69, 9.17) is 5.73 Å². The van der Waals surface area contributed by atoms with E-state index in [1.54, 1.807) is 0 Å². The fourth-order valence-corrected chi connectivity index (χ4v) is 6.87. The highest BCUT2D eigenvalue weighted by Gasteiger charge is 2.69. The Kier molecular flexibility index (Phi) is 6.32. The zero-order valence-electron chi connectivity index (χ0n) is 21.5. The van der Waals surface area contributed by atoms with Gasteiger partial charge >= 0.3 is 0 Å². The summed E-state index contributed by atoms with van der Waals surface area (Å²) in [7, 11) is 3.02. The molecule has 0 radical (unpaired) electrons. The van der Waals surface area contributed by atoms with Crippen molar-refractivity contribution >= 4 is 29.0 Å². The van der Waals surface area contributed by atoms with Crippen LogP contribution in [0.1, 0.15) is 47.7 Å². The first kappa shape index (κ1) is 26.6. The average Bonchev–Trinajstić information content (AvgIpc) is 3.67. The number of ketones is 4. The molecule has 0 saturated heterocycles. The lowest BCUT2D eigenvalue weighted by Crippen LogP contribution is -2.74. The van der Waals surface area contributed by atoms with Crippen LogP contribution in [-0.4, -0.2) is 75.9 Å². The quantitative estimate of drug-likeness (QED) is 0.368. The van der Waals surface area contributed by atoms with Crippen molar-refractivity contribution in [2.45, 2.75) is 56.8 Å². The smallest absolute Gasteiger partial charge is 0.235 e. The van der Waals surface area contributed by atoms with Gasteiger partial charge in [-0.3, -0.25) is 28.9 Å². The number of hydrogen-bond donors (Lipinski definition) is 4. The van der Waals surface area contributed by atoms with E-state index in [1.165, 1.54) is 25.1 Å². The van der Waals surface area contributed by atoms with Crippen LogP contribution in [0.2, 0.25) is 0 Å². The number of nitrogens with one attached hydrogen (secondary N) is 1. The van der Waals surface area contributed by atoms with E-state index in [0.29, 0.717) is 5.92 Å². The van der Waals surface area contributed by atoms with Crippen LogP contribution in [0.15, 0.2) is 6.07 Å². The van der Waals surface area contributed by atoms with Gasteiger partial charge in [0.1, 0.15) is 11.6 Å². The van der Waals surface area contributed by atoms with E-state index in [1.807, 2.05) is 6.92 Å². The van der Waals surface area contributed by atoms with Crippen LogP contribution in [0.3, 0.4) is 0 Å². The number of likely N-dealkylation sites (N-methyl/N-ethyl adjacent to an activating group) is 1. The lowest BCUT2D eigenvalue weighted by atomic mass is 9.52. The van der Waals surface area contributed by atoms with Crippen molar-refractivity contribution in [2.75, 3.05) is 14.1 Å². The van der Waals surface area contributed by atoms with Crippen molar-refractivity contribution in [3.05, 3.63) is 28.6 Å². The van der Waals surface area contributed by atoms with E-state index in [0.717, 1.165) is 12.8 Å². The lowest BCUT2D eigenvalue weighted by Gasteiger charge is -2.52. The molecule has 1 aromatic carbocycles. The first-order valence-corrected chi connectivity index (χ1v) is 12.9. The third-order valence-electron chi connectivity index (χ3n) is 9.01. The Labute approximate surface area is 218 Å². The Balaban J connectivity index is 1.54. The number of Topliss-reactive ketones (excluding diaryl/α,β-unsaturated/α-hetero) is 4. The molecule has 38 heavy (non-hydrogen) atoms. The number of rotatable bonds is 6. The zero-order chi connectivity index (χ0) is 27.8. The molecule has 7 atom stereocenters. The lowest BCUT2D eigenvalue weighted by molar-refractivity contribution is -0.181. The summed E-state index contributed by atoms with van der Waals surface area (Å²) in [5.74, 6) is -11.7. The Morgan fingerprint density at radius 1 is 1.24 bits per heavy atom. The number of hydrogen-bond acceptors (Lipinski definition) is 9. The van der Waals surface area contributed by atoms with Crippen molar-refractivity contribution in [1.82, 2.24) is 10.2 Å². The number of aromatic hydroxyl groups is 1. The molecular weight excluding hydrogens is 497 g/mol. The Morgan fingerprint density at radius 3 is 2.47 bits per heavy atom. The number of phenols is 1. The summed E-state index contributed by atoms with van der Waals surface area (Å²) in [6, 6.07) is 0.134. The predicted molar refractivity (Wildman–Crippen MR) is 130 cm³/mol. The van der Waals surface area contributed by atoms with Gasteiger partial charge in [-0.1, -0.05) is 0 Å². The van der Waals surface area contributed by atoms with Crippen molar-refractivity contribution < 1.29 is 38.6 Å². The molecule has 11 heteroatoms. The number of halogens is 1. The highest BCUT2D eigenvalue weighted by Crippen LogP contribution is 2.51. The van der Waals surface area contributed by atoms with E-state index in [2.05, 4.69) is 5.32 Å². The molecule has 0 heterocycles. The van der Waals surface area contributed by atoms with Gasteiger partial charge in [-0.15, -0.1) is 0 Å². The van der Waals surface area contributed by atoms with E-state index < -0.39 is 75.9 Å². The molecule has 2 unspecified atom stereocenters. The Hall–Kier alpha value is -3.02. The summed E-state index contributed by atoms with van der Waals surface area (Å²) in [6.45, 7) is 2.15. The number of nitrogens with two attached hydrogens (primary N) is 1. The first-order valence-electron chi connectivity index (χ1n) is 12.9. The van der Waals surface area contributed by atoms with Crippen LogP contribution >= 0.6 is 0 Å². The van der Waals surface area contributed by atoms with Crippen LogP contribution in [0.25, 0.3) is 0 Å².